The maximum Gasteiger partial charge on any atom is 0.290 e. The lowest BCUT2D eigenvalue weighted by atomic mass is 9.86. The van der Waals surface area contributed by atoms with E-state index in [1.807, 2.05) is 43.3 Å². The average molecular weight is 320 g/mol. The largest absolute Gasteiger partial charge is 0.351 e. The lowest BCUT2D eigenvalue weighted by Gasteiger charge is -2.25. The molecule has 0 saturated heterocycles. The van der Waals surface area contributed by atoms with Crippen LogP contribution in [0.2, 0.25) is 0 Å². The molecule has 4 nitrogen and oxygen atoms in total. The van der Waals surface area contributed by atoms with E-state index in [1.165, 1.54) is 0 Å². The van der Waals surface area contributed by atoms with Gasteiger partial charge in [-0.05, 0) is 25.0 Å². The summed E-state index contributed by atoms with van der Waals surface area (Å²) in [6, 6.07) is 21.9. The number of hydrogen-bond acceptors (Lipinski definition) is 3. The molecule has 0 aliphatic carbocycles. The van der Waals surface area contributed by atoms with Crippen LogP contribution in [0.4, 0.5) is 0 Å². The van der Waals surface area contributed by atoms with Gasteiger partial charge in [0, 0.05) is 18.0 Å². The van der Waals surface area contributed by atoms with Gasteiger partial charge in [-0.25, -0.2) is 0 Å². The van der Waals surface area contributed by atoms with Gasteiger partial charge in [0.05, 0.1) is 5.69 Å². The average Bonchev–Trinajstić information content (AvgIpc) is 3.04. The van der Waals surface area contributed by atoms with Crippen LogP contribution < -0.4 is 5.32 Å². The van der Waals surface area contributed by atoms with Gasteiger partial charge >= 0.3 is 0 Å². The Hall–Kier alpha value is -2.88. The second-order valence-electron chi connectivity index (χ2n) is 5.89. The van der Waals surface area contributed by atoms with Crippen molar-refractivity contribution in [3.63, 3.8) is 0 Å². The maximum atomic E-state index is 12.4. The van der Waals surface area contributed by atoms with E-state index < -0.39 is 0 Å². The Balaban J connectivity index is 1.87. The minimum atomic E-state index is -0.250. The summed E-state index contributed by atoms with van der Waals surface area (Å²) in [6.45, 7) is 3.80. The van der Waals surface area contributed by atoms with E-state index in [2.05, 4.69) is 34.7 Å². The van der Waals surface area contributed by atoms with E-state index in [4.69, 9.17) is 4.52 Å². The van der Waals surface area contributed by atoms with Gasteiger partial charge < -0.3 is 9.84 Å². The molecule has 1 heterocycles. The third-order valence-corrected chi connectivity index (χ3v) is 4.03. The summed E-state index contributed by atoms with van der Waals surface area (Å²) in [5, 5.41) is 6.80. The number of benzene rings is 2. The summed E-state index contributed by atoms with van der Waals surface area (Å²) in [5.74, 6) is 0.0413. The molecule has 122 valence electrons. The zero-order chi connectivity index (χ0) is 16.9. The summed E-state index contributed by atoms with van der Waals surface area (Å²) in [7, 11) is 0. The van der Waals surface area contributed by atoms with Crippen LogP contribution >= 0.6 is 0 Å². The molecule has 1 atom stereocenters. The number of amides is 1. The molecule has 0 aliphatic heterocycles. The molecule has 0 spiro atoms. The van der Waals surface area contributed by atoms with Gasteiger partial charge in [0.25, 0.3) is 5.91 Å². The number of aryl methyl sites for hydroxylation is 1. The molecule has 3 rings (SSSR count). The third kappa shape index (κ3) is 3.54. The van der Waals surface area contributed by atoms with Crippen LogP contribution in [0.5, 0.6) is 0 Å². The van der Waals surface area contributed by atoms with Crippen LogP contribution in [0.3, 0.4) is 0 Å². The number of rotatable bonds is 5. The van der Waals surface area contributed by atoms with E-state index in [1.54, 1.807) is 13.0 Å². The van der Waals surface area contributed by atoms with E-state index in [0.717, 1.165) is 11.1 Å². The highest BCUT2D eigenvalue weighted by molar-refractivity contribution is 5.91. The second-order valence-corrected chi connectivity index (χ2v) is 5.89. The van der Waals surface area contributed by atoms with Crippen molar-refractivity contribution in [2.24, 2.45) is 0 Å². The van der Waals surface area contributed by atoms with E-state index in [0.29, 0.717) is 5.69 Å². The predicted octanol–water partition coefficient (Wildman–Crippen LogP) is 3.93. The zero-order valence-corrected chi connectivity index (χ0v) is 13.8. The van der Waals surface area contributed by atoms with Gasteiger partial charge in [-0.1, -0.05) is 65.8 Å². The number of carbonyl (C=O) groups excluding carboxylic acids is 1. The van der Waals surface area contributed by atoms with Crippen molar-refractivity contribution >= 4 is 5.91 Å². The number of nitrogens with zero attached hydrogens (tertiary/aromatic N) is 1. The van der Waals surface area contributed by atoms with E-state index in [-0.39, 0.29) is 23.6 Å². The van der Waals surface area contributed by atoms with Crippen molar-refractivity contribution in [2.75, 3.05) is 0 Å². The molecule has 2 aromatic carbocycles. The van der Waals surface area contributed by atoms with Crippen molar-refractivity contribution in [1.82, 2.24) is 10.5 Å². The van der Waals surface area contributed by atoms with Gasteiger partial charge in [-0.2, -0.15) is 0 Å². The summed E-state index contributed by atoms with van der Waals surface area (Å²) >= 11 is 0. The maximum absolute atomic E-state index is 12.4. The first-order valence-corrected chi connectivity index (χ1v) is 7.99. The smallest absolute Gasteiger partial charge is 0.290 e. The molecule has 1 N–H and O–H groups in total. The summed E-state index contributed by atoms with van der Waals surface area (Å²) < 4.78 is 5.06. The standard InChI is InChI=1S/C20H20N2O2/c1-14-13-18(24-22-14)20(23)21-15(2)19(16-9-5-3-6-10-16)17-11-7-4-8-12-17/h3-13,15,19H,1-2H3,(H,21,23)/t15-/m0/s1. The lowest BCUT2D eigenvalue weighted by molar-refractivity contribution is 0.0899. The first-order valence-electron chi connectivity index (χ1n) is 7.99. The summed E-state index contributed by atoms with van der Waals surface area (Å²) in [4.78, 5) is 12.4. The van der Waals surface area contributed by atoms with Gasteiger partial charge in [-0.15, -0.1) is 0 Å². The lowest BCUT2D eigenvalue weighted by Crippen LogP contribution is -2.37. The molecular formula is C20H20N2O2. The normalized spacial score (nSPS) is 12.1. The van der Waals surface area contributed by atoms with Crippen LogP contribution in [0.25, 0.3) is 0 Å². The fourth-order valence-corrected chi connectivity index (χ4v) is 2.92. The van der Waals surface area contributed by atoms with Gasteiger partial charge in [0.2, 0.25) is 5.76 Å². The van der Waals surface area contributed by atoms with Crippen LogP contribution in [0, 0.1) is 6.92 Å². The first-order chi connectivity index (χ1) is 11.6. The van der Waals surface area contributed by atoms with Crippen LogP contribution in [0.15, 0.2) is 71.3 Å². The Morgan fingerprint density at radius 1 is 1.00 bits per heavy atom. The van der Waals surface area contributed by atoms with Crippen LogP contribution in [0.1, 0.15) is 40.2 Å². The number of nitrogens with one attached hydrogen (secondary N) is 1. The Morgan fingerprint density at radius 2 is 1.54 bits per heavy atom. The molecule has 0 unspecified atom stereocenters. The minimum Gasteiger partial charge on any atom is -0.351 e. The highest BCUT2D eigenvalue weighted by atomic mass is 16.5. The van der Waals surface area contributed by atoms with Gasteiger partial charge in [-0.3, -0.25) is 4.79 Å². The molecule has 0 fully saturated rings. The topological polar surface area (TPSA) is 55.1 Å². The Bertz CT molecular complexity index is 757. The SMILES string of the molecule is Cc1cc(C(=O)N[C@@H](C)C(c2ccccc2)c2ccccc2)on1. The Morgan fingerprint density at radius 3 is 2.00 bits per heavy atom. The van der Waals surface area contributed by atoms with E-state index in [9.17, 15) is 4.79 Å². The summed E-state index contributed by atoms with van der Waals surface area (Å²) in [5.41, 5.74) is 3.01. The molecule has 0 saturated carbocycles. The van der Waals surface area contributed by atoms with Crippen molar-refractivity contribution < 1.29 is 9.32 Å². The first kappa shape index (κ1) is 16.0. The molecule has 3 aromatic rings. The molecule has 0 bridgehead atoms. The second kappa shape index (κ2) is 7.13. The molecule has 24 heavy (non-hydrogen) atoms. The van der Waals surface area contributed by atoms with Crippen molar-refractivity contribution in [2.45, 2.75) is 25.8 Å². The minimum absolute atomic E-state index is 0.0559. The molecule has 0 aliphatic rings. The Labute approximate surface area is 141 Å². The number of hydrogen-bond donors (Lipinski definition) is 1. The van der Waals surface area contributed by atoms with Crippen LogP contribution in [-0.2, 0) is 0 Å². The van der Waals surface area contributed by atoms with Gasteiger partial charge in [0.1, 0.15) is 0 Å². The molecular weight excluding hydrogens is 300 g/mol. The van der Waals surface area contributed by atoms with Gasteiger partial charge in [0.15, 0.2) is 0 Å². The molecule has 4 heteroatoms. The van der Waals surface area contributed by atoms with Crippen molar-refractivity contribution in [3.05, 3.63) is 89.3 Å². The fraction of sp³-hybridized carbons (Fsp3) is 0.200. The number of carbonyl (C=O) groups is 1. The zero-order valence-electron chi connectivity index (χ0n) is 13.8. The number of aromatic nitrogens is 1. The fourth-order valence-electron chi connectivity index (χ4n) is 2.92. The van der Waals surface area contributed by atoms with Crippen LogP contribution in [-0.4, -0.2) is 17.1 Å². The highest BCUT2D eigenvalue weighted by Gasteiger charge is 2.24. The third-order valence-electron chi connectivity index (χ3n) is 4.03. The molecule has 1 amide bonds. The summed E-state index contributed by atoms with van der Waals surface area (Å²) in [6.07, 6.45) is 0. The van der Waals surface area contributed by atoms with Crippen molar-refractivity contribution in [1.29, 1.82) is 0 Å². The molecule has 0 radical (unpaired) electrons. The molecule has 1 aromatic heterocycles. The predicted molar refractivity (Wildman–Crippen MR) is 92.9 cm³/mol. The van der Waals surface area contributed by atoms with Crippen molar-refractivity contribution in [3.8, 4) is 0 Å². The Kier molecular flexibility index (Phi) is 4.75. The highest BCUT2D eigenvalue weighted by Crippen LogP contribution is 2.28. The monoisotopic (exact) mass is 320 g/mol. The quantitative estimate of drug-likeness (QED) is 0.775. The van der Waals surface area contributed by atoms with E-state index >= 15 is 0 Å².